The topological polar surface area (TPSA) is 12.4 Å². The van der Waals surface area contributed by atoms with E-state index in [-0.39, 0.29) is 5.41 Å². The lowest BCUT2D eigenvalue weighted by atomic mass is 9.75. The minimum Gasteiger partial charge on any atom is -0.289 e. The van der Waals surface area contributed by atoms with Crippen molar-refractivity contribution in [1.82, 2.24) is 0 Å². The molecule has 0 atom stereocenters. The van der Waals surface area contributed by atoms with E-state index in [1.807, 2.05) is 0 Å². The number of nitrogens with zero attached hydrogens (tertiary/aromatic N) is 1. The van der Waals surface area contributed by atoms with Crippen LogP contribution in [0, 0.1) is 5.41 Å². The van der Waals surface area contributed by atoms with E-state index in [2.05, 4.69) is 32.0 Å². The summed E-state index contributed by atoms with van der Waals surface area (Å²) in [6, 6.07) is 6.84. The van der Waals surface area contributed by atoms with Crippen molar-refractivity contribution in [2.45, 2.75) is 52.4 Å². The van der Waals surface area contributed by atoms with E-state index in [1.54, 1.807) is 11.1 Å². The molecular formula is C17H23N. The highest BCUT2D eigenvalue weighted by atomic mass is 14.8. The molecule has 0 radical (unpaired) electrons. The molecular weight excluding hydrogens is 218 g/mol. The van der Waals surface area contributed by atoms with Crippen LogP contribution in [0.1, 0.15) is 56.2 Å². The fraction of sp³-hybridized carbons (Fsp3) is 0.588. The second-order valence-electron chi connectivity index (χ2n) is 6.37. The molecule has 0 aromatic heterocycles. The molecule has 96 valence electrons. The third kappa shape index (κ3) is 2.00. The molecule has 0 saturated carbocycles. The van der Waals surface area contributed by atoms with Gasteiger partial charge >= 0.3 is 0 Å². The van der Waals surface area contributed by atoms with Crippen molar-refractivity contribution < 1.29 is 0 Å². The molecule has 0 bridgehead atoms. The van der Waals surface area contributed by atoms with Gasteiger partial charge in [-0.2, -0.15) is 0 Å². The van der Waals surface area contributed by atoms with Gasteiger partial charge in [0.1, 0.15) is 0 Å². The first-order valence-electron chi connectivity index (χ1n) is 7.34. The Balaban J connectivity index is 2.09. The maximum Gasteiger partial charge on any atom is 0.0479 e. The van der Waals surface area contributed by atoms with Crippen LogP contribution >= 0.6 is 0 Å². The molecule has 0 amide bonds. The molecule has 0 spiro atoms. The largest absolute Gasteiger partial charge is 0.289 e. The van der Waals surface area contributed by atoms with Crippen LogP contribution < -0.4 is 0 Å². The first-order chi connectivity index (χ1) is 8.68. The van der Waals surface area contributed by atoms with Gasteiger partial charge in [-0.25, -0.2) is 0 Å². The summed E-state index contributed by atoms with van der Waals surface area (Å²) in [4.78, 5) is 4.88. The molecule has 0 unspecified atom stereocenters. The monoisotopic (exact) mass is 241 g/mol. The number of rotatable bonds is 1. The quantitative estimate of drug-likeness (QED) is 0.699. The maximum atomic E-state index is 4.88. The number of aryl methyl sites for hydroxylation is 1. The van der Waals surface area contributed by atoms with Gasteiger partial charge in [-0.05, 0) is 55.2 Å². The summed E-state index contributed by atoms with van der Waals surface area (Å²) in [7, 11) is 0. The van der Waals surface area contributed by atoms with Crippen LogP contribution in [0.3, 0.4) is 0 Å². The molecule has 3 rings (SSSR count). The minimum atomic E-state index is 0.255. The minimum absolute atomic E-state index is 0.255. The highest BCUT2D eigenvalue weighted by Gasteiger charge is 2.30. The van der Waals surface area contributed by atoms with Crippen LogP contribution in [-0.2, 0) is 12.8 Å². The maximum absolute atomic E-state index is 4.88. The van der Waals surface area contributed by atoms with Crippen LogP contribution in [0.5, 0.6) is 0 Å². The van der Waals surface area contributed by atoms with Crippen molar-refractivity contribution >= 4 is 5.71 Å². The average molecular weight is 241 g/mol. The summed E-state index contributed by atoms with van der Waals surface area (Å²) in [5.41, 5.74) is 6.25. The summed E-state index contributed by atoms with van der Waals surface area (Å²) in [6.45, 7) is 5.73. The summed E-state index contributed by atoms with van der Waals surface area (Å²) >= 11 is 0. The second-order valence-corrected chi connectivity index (χ2v) is 6.37. The van der Waals surface area contributed by atoms with E-state index in [1.165, 1.54) is 49.8 Å². The Morgan fingerprint density at radius 3 is 2.72 bits per heavy atom. The van der Waals surface area contributed by atoms with Gasteiger partial charge in [-0.3, -0.25) is 4.99 Å². The predicted molar refractivity (Wildman–Crippen MR) is 77.5 cm³/mol. The molecule has 1 nitrogen and oxygen atoms in total. The molecule has 0 saturated heterocycles. The zero-order valence-corrected chi connectivity index (χ0v) is 11.6. The Morgan fingerprint density at radius 2 is 1.89 bits per heavy atom. The zero-order valence-electron chi connectivity index (χ0n) is 11.6. The number of hydrogen-bond donors (Lipinski definition) is 0. The van der Waals surface area contributed by atoms with E-state index in [0.717, 1.165) is 6.54 Å². The molecule has 1 aromatic carbocycles. The Hall–Kier alpha value is -1.11. The van der Waals surface area contributed by atoms with Gasteiger partial charge in [0, 0.05) is 17.7 Å². The van der Waals surface area contributed by atoms with Crippen LogP contribution in [0.15, 0.2) is 23.2 Å². The fourth-order valence-corrected chi connectivity index (χ4v) is 3.50. The van der Waals surface area contributed by atoms with Crippen LogP contribution in [0.2, 0.25) is 0 Å². The molecule has 0 N–H and O–H groups in total. The van der Waals surface area contributed by atoms with Crippen molar-refractivity contribution in [2.75, 3.05) is 6.54 Å². The van der Waals surface area contributed by atoms with Crippen molar-refractivity contribution in [3.63, 3.8) is 0 Å². The Kier molecular flexibility index (Phi) is 3.01. The SMILES string of the molecule is CC1(C)CCCN=C1c1cccc2c1CCCC2. The number of hydrogen-bond acceptors (Lipinski definition) is 1. The van der Waals surface area contributed by atoms with E-state index in [4.69, 9.17) is 4.99 Å². The van der Waals surface area contributed by atoms with E-state index < -0.39 is 0 Å². The van der Waals surface area contributed by atoms with Gasteiger partial charge in [-0.15, -0.1) is 0 Å². The third-order valence-corrected chi connectivity index (χ3v) is 4.52. The molecule has 18 heavy (non-hydrogen) atoms. The van der Waals surface area contributed by atoms with E-state index in [9.17, 15) is 0 Å². The Bertz CT molecular complexity index is 482. The van der Waals surface area contributed by atoms with E-state index in [0.29, 0.717) is 0 Å². The number of benzene rings is 1. The van der Waals surface area contributed by atoms with Crippen molar-refractivity contribution in [2.24, 2.45) is 10.4 Å². The molecule has 1 heteroatoms. The lowest BCUT2D eigenvalue weighted by Crippen LogP contribution is -2.30. The Morgan fingerprint density at radius 1 is 1.06 bits per heavy atom. The summed E-state index contributed by atoms with van der Waals surface area (Å²) in [5, 5.41) is 0. The van der Waals surface area contributed by atoms with Gasteiger partial charge in [0.15, 0.2) is 0 Å². The summed E-state index contributed by atoms with van der Waals surface area (Å²) in [5.74, 6) is 0. The zero-order chi connectivity index (χ0) is 12.6. The van der Waals surface area contributed by atoms with Gasteiger partial charge in [0.05, 0.1) is 0 Å². The highest BCUT2D eigenvalue weighted by Crippen LogP contribution is 2.35. The second kappa shape index (κ2) is 4.53. The number of aliphatic imine (C=N–C) groups is 1. The van der Waals surface area contributed by atoms with Gasteiger partial charge in [0.2, 0.25) is 0 Å². The van der Waals surface area contributed by atoms with Crippen molar-refractivity contribution in [3.8, 4) is 0 Å². The standard InChI is InChI=1S/C17H23N/c1-17(2)11-6-12-18-16(17)15-10-5-8-13-7-3-4-9-14(13)15/h5,8,10H,3-4,6-7,9,11-12H2,1-2H3. The molecule has 1 heterocycles. The summed E-state index contributed by atoms with van der Waals surface area (Å²) in [6.07, 6.45) is 7.72. The first-order valence-corrected chi connectivity index (χ1v) is 7.34. The number of fused-ring (bicyclic) bond motifs is 1. The van der Waals surface area contributed by atoms with E-state index >= 15 is 0 Å². The smallest absolute Gasteiger partial charge is 0.0479 e. The fourth-order valence-electron chi connectivity index (χ4n) is 3.50. The molecule has 1 aliphatic carbocycles. The predicted octanol–water partition coefficient (Wildman–Crippen LogP) is 4.17. The normalized spacial score (nSPS) is 22.2. The average Bonchev–Trinajstić information content (AvgIpc) is 2.38. The first kappa shape index (κ1) is 12.0. The van der Waals surface area contributed by atoms with Crippen LogP contribution in [-0.4, -0.2) is 12.3 Å². The van der Waals surface area contributed by atoms with Crippen LogP contribution in [0.4, 0.5) is 0 Å². The molecule has 1 aromatic rings. The third-order valence-electron chi connectivity index (χ3n) is 4.52. The highest BCUT2D eigenvalue weighted by molar-refractivity contribution is 6.06. The van der Waals surface area contributed by atoms with Crippen LogP contribution in [0.25, 0.3) is 0 Å². The van der Waals surface area contributed by atoms with Gasteiger partial charge < -0.3 is 0 Å². The lowest BCUT2D eigenvalue weighted by Gasteiger charge is -2.33. The van der Waals surface area contributed by atoms with Gasteiger partial charge in [0.25, 0.3) is 0 Å². The summed E-state index contributed by atoms with van der Waals surface area (Å²) < 4.78 is 0. The molecule has 2 aliphatic rings. The molecule has 1 aliphatic heterocycles. The van der Waals surface area contributed by atoms with Crippen molar-refractivity contribution in [3.05, 3.63) is 34.9 Å². The molecule has 0 fully saturated rings. The Labute approximate surface area is 110 Å². The lowest BCUT2D eigenvalue weighted by molar-refractivity contribution is 0.439. The van der Waals surface area contributed by atoms with Crippen molar-refractivity contribution in [1.29, 1.82) is 0 Å². The van der Waals surface area contributed by atoms with Gasteiger partial charge in [-0.1, -0.05) is 32.0 Å².